The maximum Gasteiger partial charge on any atom is 0.407 e. The van der Waals surface area contributed by atoms with Crippen molar-refractivity contribution in [3.63, 3.8) is 0 Å². The molecule has 4 aromatic rings. The van der Waals surface area contributed by atoms with E-state index in [-0.39, 0.29) is 25.1 Å². The number of alkyl halides is 3. The largest absolute Gasteiger partial charge is 0.453 e. The average molecular weight is 861 g/mol. The summed E-state index contributed by atoms with van der Waals surface area (Å²) in [5, 5.41) is 23.3. The third kappa shape index (κ3) is 10.6. The van der Waals surface area contributed by atoms with E-state index in [4.69, 9.17) is 9.72 Å². The Morgan fingerprint density at radius 3 is 2.27 bits per heavy atom. The Kier molecular flexibility index (Phi) is 14.1. The number of aromatic nitrogens is 3. The highest BCUT2D eigenvalue weighted by molar-refractivity contribution is 5.86. The average Bonchev–Trinajstić information content (AvgIpc) is 3.84. The summed E-state index contributed by atoms with van der Waals surface area (Å²) in [6.07, 6.45) is 4.51. The van der Waals surface area contributed by atoms with Crippen LogP contribution in [0.3, 0.4) is 0 Å². The molecule has 4 N–H and O–H groups in total. The van der Waals surface area contributed by atoms with E-state index >= 15 is 4.39 Å². The van der Waals surface area contributed by atoms with Crippen molar-refractivity contribution in [2.24, 2.45) is 5.41 Å². The molecule has 3 unspecified atom stereocenters. The van der Waals surface area contributed by atoms with Gasteiger partial charge in [0.1, 0.15) is 17.7 Å². The summed E-state index contributed by atoms with van der Waals surface area (Å²) < 4.78 is 65.9. The fraction of sp³-hybridized carbons (Fsp3) is 0.467. The van der Waals surface area contributed by atoms with Crippen LogP contribution >= 0.6 is 0 Å². The molecule has 0 saturated carbocycles. The van der Waals surface area contributed by atoms with Gasteiger partial charge in [-0.05, 0) is 60.7 Å². The molecule has 3 fully saturated rings. The lowest BCUT2D eigenvalue weighted by Crippen LogP contribution is -2.62. The van der Waals surface area contributed by atoms with E-state index in [2.05, 4.69) is 47.4 Å². The van der Waals surface area contributed by atoms with Gasteiger partial charge in [0.05, 0.1) is 51.4 Å². The second-order valence-corrected chi connectivity index (χ2v) is 16.8. The SMILES string of the molecule is COC(=O)NC(C(=O)N[C@@H](Cc1ccc(C#Cc2ccc(N3CC4CCC(C3)N4C3COC3)nc2)cc1)[C@@H](O)CNCc1ccc(-c2cnn(C(F)F)c2)cc1F)C(C)(C)CF. The summed E-state index contributed by atoms with van der Waals surface area (Å²) in [6.45, 7) is 2.65. The summed E-state index contributed by atoms with van der Waals surface area (Å²) >= 11 is 0. The van der Waals surface area contributed by atoms with Gasteiger partial charge in [-0.1, -0.05) is 50.0 Å². The van der Waals surface area contributed by atoms with Crippen LogP contribution in [0.5, 0.6) is 0 Å². The first-order chi connectivity index (χ1) is 29.8. The van der Waals surface area contributed by atoms with E-state index in [0.29, 0.717) is 33.9 Å². The maximum absolute atomic E-state index is 15.1. The molecule has 5 heterocycles. The van der Waals surface area contributed by atoms with Gasteiger partial charge in [0.25, 0.3) is 0 Å². The minimum atomic E-state index is -2.83. The number of hydrogen-bond donors (Lipinski definition) is 4. The Hall–Kier alpha value is -5.54. The molecule has 330 valence electrons. The number of nitrogens with one attached hydrogen (secondary N) is 3. The van der Waals surface area contributed by atoms with Crippen LogP contribution in [-0.2, 0) is 27.2 Å². The minimum absolute atomic E-state index is 0.0123. The highest BCUT2D eigenvalue weighted by Gasteiger charge is 2.45. The number of ether oxygens (including phenoxy) is 2. The number of aliphatic hydroxyl groups excluding tert-OH is 1. The van der Waals surface area contributed by atoms with Crippen LogP contribution in [0.25, 0.3) is 11.1 Å². The fourth-order valence-electron chi connectivity index (χ4n) is 8.26. The molecule has 3 aliphatic rings. The Bertz CT molecular complexity index is 2210. The molecule has 0 spiro atoms. The number of amides is 2. The zero-order valence-corrected chi connectivity index (χ0v) is 34.9. The molecule has 2 aromatic heterocycles. The first kappa shape index (κ1) is 44.5. The number of alkyl carbamates (subject to hydrolysis) is 1. The van der Waals surface area contributed by atoms with Crippen LogP contribution in [0.4, 0.5) is 28.2 Å². The van der Waals surface area contributed by atoms with E-state index in [1.165, 1.54) is 45.0 Å². The Balaban J connectivity index is 0.995. The summed E-state index contributed by atoms with van der Waals surface area (Å²) in [7, 11) is 1.13. The topological polar surface area (TPSA) is 146 Å². The van der Waals surface area contributed by atoms with Gasteiger partial charge in [-0.2, -0.15) is 13.9 Å². The number of rotatable bonds is 16. The van der Waals surface area contributed by atoms with Crippen LogP contribution in [0.2, 0.25) is 0 Å². The lowest BCUT2D eigenvalue weighted by molar-refractivity contribution is -0.127. The molecule has 2 aromatic carbocycles. The standard InChI is InChI=1S/C45H52F4N8O5/c1-45(2,27-46)41(54-44(60)61-3)42(59)53-38(39(58)21-50-19-32-12-11-31(17-37(32)47)33-20-52-56(22-33)43(48)49)16-29-7-4-28(5-8-29)6-9-30-10-15-40(51-18-30)55-23-34-13-14-35(24-55)57(34)36-25-62-26-36/h4-5,7-8,10-12,15,17-18,20,22,34-36,38-39,41,43,50,58H,13-14,16,19,21,23-27H2,1-3H3,(H,53,59)(H,54,60)/t34?,35?,38-,39-,41?/m0/s1. The highest BCUT2D eigenvalue weighted by Crippen LogP contribution is 2.35. The number of benzene rings is 2. The molecule has 3 saturated heterocycles. The molecule has 2 amide bonds. The van der Waals surface area contributed by atoms with Crippen LogP contribution in [0, 0.1) is 23.1 Å². The first-order valence-electron chi connectivity index (χ1n) is 20.7. The van der Waals surface area contributed by atoms with Crippen LogP contribution in [0.1, 0.15) is 55.5 Å². The van der Waals surface area contributed by atoms with Crippen LogP contribution in [0.15, 0.2) is 73.2 Å². The van der Waals surface area contributed by atoms with Crippen molar-refractivity contribution < 1.29 is 41.7 Å². The van der Waals surface area contributed by atoms with Crippen molar-refractivity contribution in [3.05, 3.63) is 101 Å². The van der Waals surface area contributed by atoms with Crippen molar-refractivity contribution in [1.29, 1.82) is 0 Å². The number of halogens is 4. The molecule has 7 rings (SSSR count). The molecule has 13 nitrogen and oxygen atoms in total. The number of pyridine rings is 1. The van der Waals surface area contributed by atoms with E-state index in [1.54, 1.807) is 12.3 Å². The maximum atomic E-state index is 15.1. The predicted octanol–water partition coefficient (Wildman–Crippen LogP) is 4.83. The van der Waals surface area contributed by atoms with Gasteiger partial charge in [0, 0.05) is 78.3 Å². The zero-order chi connectivity index (χ0) is 44.0. The molecule has 0 radical (unpaired) electrons. The number of nitrogens with zero attached hydrogens (tertiary/aromatic N) is 5. The smallest absolute Gasteiger partial charge is 0.407 e. The number of aliphatic hydroxyl groups is 1. The van der Waals surface area contributed by atoms with Crippen molar-refractivity contribution in [2.75, 3.05) is 51.5 Å². The summed E-state index contributed by atoms with van der Waals surface area (Å²) in [5.41, 5.74) is 1.85. The number of methoxy groups -OCH3 is 1. The third-order valence-corrected chi connectivity index (χ3v) is 11.9. The highest BCUT2D eigenvalue weighted by atomic mass is 19.3. The second-order valence-electron chi connectivity index (χ2n) is 16.8. The van der Waals surface area contributed by atoms with Gasteiger partial charge in [0.2, 0.25) is 5.91 Å². The Labute approximate surface area is 358 Å². The normalized spacial score (nSPS) is 19.3. The number of carbonyl (C=O) groups excluding carboxylic acids is 2. The predicted molar refractivity (Wildman–Crippen MR) is 223 cm³/mol. The van der Waals surface area contributed by atoms with Gasteiger partial charge >= 0.3 is 12.6 Å². The fourth-order valence-corrected chi connectivity index (χ4v) is 8.26. The molecule has 0 aliphatic carbocycles. The molecular formula is C45H52F4N8O5. The van der Waals surface area contributed by atoms with E-state index in [9.17, 15) is 27.9 Å². The van der Waals surface area contributed by atoms with Gasteiger partial charge in [-0.3, -0.25) is 14.1 Å². The van der Waals surface area contributed by atoms with Gasteiger partial charge in [-0.15, -0.1) is 0 Å². The number of piperazine rings is 1. The van der Waals surface area contributed by atoms with Crippen molar-refractivity contribution in [3.8, 4) is 23.0 Å². The first-order valence-corrected chi connectivity index (χ1v) is 20.7. The van der Waals surface area contributed by atoms with Gasteiger partial charge < -0.3 is 35.4 Å². The summed E-state index contributed by atoms with van der Waals surface area (Å²) in [6, 6.07) is 14.9. The van der Waals surface area contributed by atoms with Crippen LogP contribution < -0.4 is 20.9 Å². The lowest BCUT2D eigenvalue weighted by Gasteiger charge is -2.47. The number of hydrogen-bond acceptors (Lipinski definition) is 10. The van der Waals surface area contributed by atoms with Crippen molar-refractivity contribution >= 4 is 17.8 Å². The van der Waals surface area contributed by atoms with E-state index in [1.807, 2.05) is 36.4 Å². The van der Waals surface area contributed by atoms with E-state index in [0.717, 1.165) is 62.1 Å². The van der Waals surface area contributed by atoms with Gasteiger partial charge in [0.15, 0.2) is 0 Å². The minimum Gasteiger partial charge on any atom is -0.453 e. The quantitative estimate of drug-likeness (QED) is 0.0914. The lowest BCUT2D eigenvalue weighted by atomic mass is 9.85. The Morgan fingerprint density at radius 2 is 1.68 bits per heavy atom. The summed E-state index contributed by atoms with van der Waals surface area (Å²) in [4.78, 5) is 35.6. The molecule has 2 bridgehead atoms. The molecular weight excluding hydrogens is 809 g/mol. The molecule has 3 aliphatic heterocycles. The molecule has 5 atom stereocenters. The second kappa shape index (κ2) is 19.7. The molecule has 17 heteroatoms. The van der Waals surface area contributed by atoms with Crippen LogP contribution in [-0.4, -0.2) is 120 Å². The third-order valence-electron chi connectivity index (χ3n) is 11.9. The number of carbonyl (C=O) groups is 2. The van der Waals surface area contributed by atoms with Crippen molar-refractivity contribution in [1.82, 2.24) is 35.6 Å². The Morgan fingerprint density at radius 1 is 0.968 bits per heavy atom. The van der Waals surface area contributed by atoms with Crippen molar-refractivity contribution in [2.45, 2.75) is 82.5 Å². The number of fused-ring (bicyclic) bond motifs is 2. The van der Waals surface area contributed by atoms with E-state index < -0.39 is 54.6 Å². The summed E-state index contributed by atoms with van der Waals surface area (Å²) in [5.74, 6) is 5.97. The molecule has 62 heavy (non-hydrogen) atoms. The number of anilines is 1. The zero-order valence-electron chi connectivity index (χ0n) is 34.9. The van der Waals surface area contributed by atoms with Gasteiger partial charge in [-0.25, -0.2) is 18.9 Å². The monoisotopic (exact) mass is 860 g/mol.